The van der Waals surface area contributed by atoms with Crippen LogP contribution in [0, 0.1) is 0 Å². The first-order valence-corrected chi connectivity index (χ1v) is 5.96. The van der Waals surface area contributed by atoms with Crippen LogP contribution in [0.3, 0.4) is 0 Å². The summed E-state index contributed by atoms with van der Waals surface area (Å²) in [6.45, 7) is 4.16. The predicted octanol–water partition coefficient (Wildman–Crippen LogP) is 0.590. The second-order valence-electron chi connectivity index (χ2n) is 4.18. The standard InChI is InChI=1S/C12H18N4O3/c1-8(2)16-10(17)4-5-14-11-9(12(18)19-3)6-13-7-15-11/h6-8H,4-5H2,1-3H3,(H,16,17)(H,13,14,15). The second kappa shape index (κ2) is 7.30. The van der Waals surface area contributed by atoms with Gasteiger partial charge in [-0.1, -0.05) is 0 Å². The molecule has 2 N–H and O–H groups in total. The number of nitrogens with one attached hydrogen (secondary N) is 2. The molecule has 7 heteroatoms. The van der Waals surface area contributed by atoms with Gasteiger partial charge in [-0.15, -0.1) is 0 Å². The van der Waals surface area contributed by atoms with Gasteiger partial charge < -0.3 is 15.4 Å². The van der Waals surface area contributed by atoms with E-state index < -0.39 is 5.97 Å². The Morgan fingerprint density at radius 3 is 2.79 bits per heavy atom. The highest BCUT2D eigenvalue weighted by Gasteiger charge is 2.13. The Hall–Kier alpha value is -2.18. The number of carbonyl (C=O) groups excluding carboxylic acids is 2. The molecule has 0 saturated heterocycles. The number of amides is 1. The summed E-state index contributed by atoms with van der Waals surface area (Å²) in [5.74, 6) is -0.217. The van der Waals surface area contributed by atoms with Crippen molar-refractivity contribution in [2.75, 3.05) is 19.0 Å². The van der Waals surface area contributed by atoms with Gasteiger partial charge in [-0.25, -0.2) is 14.8 Å². The Labute approximate surface area is 111 Å². The Morgan fingerprint density at radius 2 is 2.16 bits per heavy atom. The van der Waals surface area contributed by atoms with Crippen LogP contribution in [0.25, 0.3) is 0 Å². The SMILES string of the molecule is COC(=O)c1cncnc1NCCC(=O)NC(C)C. The van der Waals surface area contributed by atoms with Gasteiger partial charge in [-0.3, -0.25) is 4.79 Å². The Balaban J connectivity index is 2.54. The van der Waals surface area contributed by atoms with Crippen molar-refractivity contribution >= 4 is 17.7 Å². The molecule has 0 aromatic carbocycles. The average molecular weight is 266 g/mol. The van der Waals surface area contributed by atoms with Crippen molar-refractivity contribution in [2.45, 2.75) is 26.3 Å². The van der Waals surface area contributed by atoms with E-state index in [1.807, 2.05) is 13.8 Å². The third kappa shape index (κ3) is 4.90. The molecule has 0 fully saturated rings. The minimum atomic E-state index is -0.519. The minimum Gasteiger partial charge on any atom is -0.465 e. The van der Waals surface area contributed by atoms with Crippen molar-refractivity contribution in [3.63, 3.8) is 0 Å². The van der Waals surface area contributed by atoms with Gasteiger partial charge in [0, 0.05) is 25.2 Å². The number of aromatic nitrogens is 2. The third-order valence-electron chi connectivity index (χ3n) is 2.21. The van der Waals surface area contributed by atoms with Crippen molar-refractivity contribution in [3.05, 3.63) is 18.1 Å². The first-order valence-electron chi connectivity index (χ1n) is 5.96. The normalized spacial score (nSPS) is 10.1. The van der Waals surface area contributed by atoms with Crippen LogP contribution in [0.15, 0.2) is 12.5 Å². The number of esters is 1. The molecule has 1 amide bonds. The zero-order valence-corrected chi connectivity index (χ0v) is 11.3. The molecule has 1 heterocycles. The molecule has 0 saturated carbocycles. The van der Waals surface area contributed by atoms with Crippen LogP contribution in [0.5, 0.6) is 0 Å². The fourth-order valence-electron chi connectivity index (χ4n) is 1.42. The first-order chi connectivity index (χ1) is 9.04. The smallest absolute Gasteiger partial charge is 0.343 e. The molecule has 0 bridgehead atoms. The van der Waals surface area contributed by atoms with Gasteiger partial charge in [0.2, 0.25) is 5.91 Å². The van der Waals surface area contributed by atoms with E-state index in [0.29, 0.717) is 18.8 Å². The van der Waals surface area contributed by atoms with Crippen molar-refractivity contribution in [2.24, 2.45) is 0 Å². The summed E-state index contributed by atoms with van der Waals surface area (Å²) in [7, 11) is 1.29. The maximum atomic E-state index is 11.5. The van der Waals surface area contributed by atoms with E-state index >= 15 is 0 Å². The highest BCUT2D eigenvalue weighted by Crippen LogP contribution is 2.10. The first kappa shape index (κ1) is 14.9. The summed E-state index contributed by atoms with van der Waals surface area (Å²) < 4.78 is 4.62. The van der Waals surface area contributed by atoms with Gasteiger partial charge >= 0.3 is 5.97 Å². The zero-order valence-electron chi connectivity index (χ0n) is 11.3. The lowest BCUT2D eigenvalue weighted by atomic mass is 10.3. The number of ether oxygens (including phenoxy) is 1. The number of rotatable bonds is 6. The van der Waals surface area contributed by atoms with Crippen molar-refractivity contribution in [3.8, 4) is 0 Å². The molecule has 1 aromatic heterocycles. The molecule has 7 nitrogen and oxygen atoms in total. The summed E-state index contributed by atoms with van der Waals surface area (Å²) >= 11 is 0. The molecule has 0 aliphatic rings. The quantitative estimate of drug-likeness (QED) is 0.732. The molecule has 0 atom stereocenters. The summed E-state index contributed by atoms with van der Waals surface area (Å²) in [6, 6.07) is 0.109. The number of hydrogen-bond donors (Lipinski definition) is 2. The fraction of sp³-hybridized carbons (Fsp3) is 0.500. The molecule has 0 spiro atoms. The predicted molar refractivity (Wildman–Crippen MR) is 69.8 cm³/mol. The minimum absolute atomic E-state index is 0.0591. The summed E-state index contributed by atoms with van der Waals surface area (Å²) in [4.78, 5) is 30.6. The van der Waals surface area contributed by atoms with E-state index in [1.165, 1.54) is 19.6 Å². The van der Waals surface area contributed by atoms with E-state index in [-0.39, 0.29) is 17.5 Å². The van der Waals surface area contributed by atoms with E-state index in [1.54, 1.807) is 0 Å². The van der Waals surface area contributed by atoms with Crippen LogP contribution in [0.2, 0.25) is 0 Å². The van der Waals surface area contributed by atoms with Crippen LogP contribution in [-0.2, 0) is 9.53 Å². The molecule has 0 aliphatic heterocycles. The van der Waals surface area contributed by atoms with Crippen LogP contribution in [0.4, 0.5) is 5.82 Å². The second-order valence-corrected chi connectivity index (χ2v) is 4.18. The molecule has 0 aliphatic carbocycles. The monoisotopic (exact) mass is 266 g/mol. The van der Waals surface area contributed by atoms with Gasteiger partial charge in [0.05, 0.1) is 7.11 Å². The maximum Gasteiger partial charge on any atom is 0.343 e. The van der Waals surface area contributed by atoms with Gasteiger partial charge in [0.25, 0.3) is 0 Å². The Morgan fingerprint density at radius 1 is 1.42 bits per heavy atom. The van der Waals surface area contributed by atoms with Crippen molar-refractivity contribution < 1.29 is 14.3 Å². The van der Waals surface area contributed by atoms with E-state index in [4.69, 9.17) is 0 Å². The van der Waals surface area contributed by atoms with Crippen LogP contribution in [-0.4, -0.2) is 41.5 Å². The topological polar surface area (TPSA) is 93.2 Å². The average Bonchev–Trinajstić information content (AvgIpc) is 2.37. The molecule has 1 aromatic rings. The fourth-order valence-corrected chi connectivity index (χ4v) is 1.42. The van der Waals surface area contributed by atoms with E-state index in [9.17, 15) is 9.59 Å². The number of nitrogens with zero attached hydrogens (tertiary/aromatic N) is 2. The van der Waals surface area contributed by atoms with Gasteiger partial charge in [0.15, 0.2) is 0 Å². The number of anilines is 1. The molecule has 0 radical (unpaired) electrons. The van der Waals surface area contributed by atoms with Crippen LogP contribution >= 0.6 is 0 Å². The number of carbonyl (C=O) groups is 2. The zero-order chi connectivity index (χ0) is 14.3. The maximum absolute atomic E-state index is 11.5. The van der Waals surface area contributed by atoms with Crippen LogP contribution in [0.1, 0.15) is 30.6 Å². The molecule has 104 valence electrons. The molecule has 0 unspecified atom stereocenters. The third-order valence-corrected chi connectivity index (χ3v) is 2.21. The summed E-state index contributed by atoms with van der Waals surface area (Å²) in [6.07, 6.45) is 2.99. The highest BCUT2D eigenvalue weighted by atomic mass is 16.5. The lowest BCUT2D eigenvalue weighted by Gasteiger charge is -2.10. The van der Waals surface area contributed by atoms with E-state index in [0.717, 1.165) is 0 Å². The van der Waals surface area contributed by atoms with Gasteiger partial charge in [-0.2, -0.15) is 0 Å². The highest BCUT2D eigenvalue weighted by molar-refractivity contribution is 5.94. The van der Waals surface area contributed by atoms with Gasteiger partial charge in [0.1, 0.15) is 17.7 Å². The van der Waals surface area contributed by atoms with Crippen LogP contribution < -0.4 is 10.6 Å². The molecular weight excluding hydrogens is 248 g/mol. The molecular formula is C12H18N4O3. The number of methoxy groups -OCH3 is 1. The molecule has 19 heavy (non-hydrogen) atoms. The Bertz CT molecular complexity index is 448. The summed E-state index contributed by atoms with van der Waals surface area (Å²) in [5.41, 5.74) is 0.245. The van der Waals surface area contributed by atoms with Crippen molar-refractivity contribution in [1.82, 2.24) is 15.3 Å². The summed E-state index contributed by atoms with van der Waals surface area (Å²) in [5, 5.41) is 5.69. The Kier molecular flexibility index (Phi) is 5.72. The largest absolute Gasteiger partial charge is 0.465 e. The molecule has 1 rings (SSSR count). The van der Waals surface area contributed by atoms with Crippen molar-refractivity contribution in [1.29, 1.82) is 0 Å². The lowest BCUT2D eigenvalue weighted by molar-refractivity contribution is -0.121. The lowest BCUT2D eigenvalue weighted by Crippen LogP contribution is -2.31. The van der Waals surface area contributed by atoms with E-state index in [2.05, 4.69) is 25.3 Å². The van der Waals surface area contributed by atoms with Gasteiger partial charge in [-0.05, 0) is 13.8 Å². The number of hydrogen-bond acceptors (Lipinski definition) is 6.